The highest BCUT2D eigenvalue weighted by atomic mass is 16.5. The van der Waals surface area contributed by atoms with Crippen LogP contribution < -0.4 is 20.1 Å². The Morgan fingerprint density at radius 1 is 1.16 bits per heavy atom. The number of nitrogens with two attached hydrogens (primary N) is 1. The molecule has 0 saturated carbocycles. The minimum absolute atomic E-state index is 0.171. The first-order valence-electron chi connectivity index (χ1n) is 11.4. The molecular weight excluding hydrogens is 406 g/mol. The quantitative estimate of drug-likeness (QED) is 0.676. The molecule has 1 aromatic heterocycles. The summed E-state index contributed by atoms with van der Waals surface area (Å²) in [6.45, 7) is 8.88. The Labute approximate surface area is 189 Å². The minimum Gasteiger partial charge on any atom is -0.493 e. The van der Waals surface area contributed by atoms with Crippen molar-refractivity contribution in [3.63, 3.8) is 0 Å². The molecule has 0 spiro atoms. The number of hydrogen-bond acceptors (Lipinski definition) is 7. The SMILES string of the molecule is COc1cc(CN2CCc3c(nc(C(C)C)nc3N3CCCC3)C2)ccc1OCC(N)=O. The summed E-state index contributed by atoms with van der Waals surface area (Å²) >= 11 is 0. The van der Waals surface area contributed by atoms with Gasteiger partial charge in [0.05, 0.1) is 12.8 Å². The number of primary amides is 1. The summed E-state index contributed by atoms with van der Waals surface area (Å²) in [4.78, 5) is 25.8. The highest BCUT2D eigenvalue weighted by molar-refractivity contribution is 5.75. The molecule has 0 aliphatic carbocycles. The summed E-state index contributed by atoms with van der Waals surface area (Å²) in [7, 11) is 1.59. The first kappa shape index (κ1) is 22.3. The maximum atomic E-state index is 11.0. The van der Waals surface area contributed by atoms with Gasteiger partial charge in [-0.1, -0.05) is 19.9 Å². The van der Waals surface area contributed by atoms with E-state index in [9.17, 15) is 4.79 Å². The third-order valence-corrected chi connectivity index (χ3v) is 6.07. The van der Waals surface area contributed by atoms with Gasteiger partial charge in [-0.25, -0.2) is 9.97 Å². The van der Waals surface area contributed by atoms with Gasteiger partial charge in [0.1, 0.15) is 11.6 Å². The molecule has 1 fully saturated rings. The third kappa shape index (κ3) is 4.96. The van der Waals surface area contributed by atoms with Crippen LogP contribution in [0.5, 0.6) is 11.5 Å². The van der Waals surface area contributed by atoms with Crippen LogP contribution in [0.1, 0.15) is 55.3 Å². The van der Waals surface area contributed by atoms with Crippen LogP contribution in [0.2, 0.25) is 0 Å². The monoisotopic (exact) mass is 439 g/mol. The number of anilines is 1. The minimum atomic E-state index is -0.515. The number of carbonyl (C=O) groups is 1. The summed E-state index contributed by atoms with van der Waals surface area (Å²) in [5.74, 6) is 3.00. The lowest BCUT2D eigenvalue weighted by atomic mass is 10.0. The number of ether oxygens (including phenoxy) is 2. The molecule has 8 heteroatoms. The van der Waals surface area contributed by atoms with Crippen molar-refractivity contribution in [1.82, 2.24) is 14.9 Å². The van der Waals surface area contributed by atoms with Crippen molar-refractivity contribution >= 4 is 11.7 Å². The zero-order valence-electron chi connectivity index (χ0n) is 19.3. The summed E-state index contributed by atoms with van der Waals surface area (Å²) in [6.07, 6.45) is 3.43. The predicted octanol–water partition coefficient (Wildman–Crippen LogP) is 2.63. The number of aromatic nitrogens is 2. The van der Waals surface area contributed by atoms with Crippen molar-refractivity contribution in [2.75, 3.05) is 38.3 Å². The second kappa shape index (κ2) is 9.73. The van der Waals surface area contributed by atoms with Gasteiger partial charge in [0, 0.05) is 44.2 Å². The summed E-state index contributed by atoms with van der Waals surface area (Å²) in [6, 6.07) is 5.80. The van der Waals surface area contributed by atoms with E-state index in [2.05, 4.69) is 23.6 Å². The molecule has 1 amide bonds. The molecule has 4 rings (SSSR count). The number of methoxy groups -OCH3 is 1. The fraction of sp³-hybridized carbons (Fsp3) is 0.542. The Morgan fingerprint density at radius 2 is 1.94 bits per heavy atom. The molecule has 0 atom stereocenters. The van der Waals surface area contributed by atoms with Gasteiger partial charge in [-0.2, -0.15) is 0 Å². The van der Waals surface area contributed by atoms with E-state index >= 15 is 0 Å². The number of hydrogen-bond donors (Lipinski definition) is 1. The van der Waals surface area contributed by atoms with E-state index in [-0.39, 0.29) is 6.61 Å². The number of amides is 1. The Morgan fingerprint density at radius 3 is 2.62 bits per heavy atom. The molecule has 2 aliphatic rings. The summed E-state index contributed by atoms with van der Waals surface area (Å²) < 4.78 is 10.9. The predicted molar refractivity (Wildman–Crippen MR) is 123 cm³/mol. The van der Waals surface area contributed by atoms with Crippen molar-refractivity contribution in [2.45, 2.75) is 52.1 Å². The fourth-order valence-corrected chi connectivity index (χ4v) is 4.40. The van der Waals surface area contributed by atoms with Crippen LogP contribution in [0.15, 0.2) is 18.2 Å². The normalized spacial score (nSPS) is 16.3. The van der Waals surface area contributed by atoms with Gasteiger partial charge in [0.15, 0.2) is 18.1 Å². The number of benzene rings is 1. The van der Waals surface area contributed by atoms with E-state index in [1.54, 1.807) is 7.11 Å². The second-order valence-corrected chi connectivity index (χ2v) is 8.88. The number of rotatable bonds is 8. The van der Waals surface area contributed by atoms with Crippen LogP contribution in [0.3, 0.4) is 0 Å². The molecule has 1 saturated heterocycles. The molecule has 2 aromatic rings. The van der Waals surface area contributed by atoms with Crippen molar-refractivity contribution in [3.8, 4) is 11.5 Å². The molecule has 0 radical (unpaired) electrons. The van der Waals surface area contributed by atoms with Crippen LogP contribution in [-0.2, 0) is 24.3 Å². The maximum Gasteiger partial charge on any atom is 0.255 e. The van der Waals surface area contributed by atoms with E-state index in [1.165, 1.54) is 18.4 Å². The van der Waals surface area contributed by atoms with Crippen LogP contribution in [0, 0.1) is 0 Å². The number of carbonyl (C=O) groups excluding carboxylic acids is 1. The Balaban J connectivity index is 1.52. The molecule has 8 nitrogen and oxygen atoms in total. The lowest BCUT2D eigenvalue weighted by Gasteiger charge is -2.31. The van der Waals surface area contributed by atoms with Gasteiger partial charge in [-0.15, -0.1) is 0 Å². The lowest BCUT2D eigenvalue weighted by molar-refractivity contribution is -0.119. The number of nitrogens with zero attached hydrogens (tertiary/aromatic N) is 4. The fourth-order valence-electron chi connectivity index (χ4n) is 4.40. The molecular formula is C24H33N5O3. The van der Waals surface area contributed by atoms with E-state index in [0.717, 1.165) is 62.0 Å². The van der Waals surface area contributed by atoms with Gasteiger partial charge in [-0.05, 0) is 37.0 Å². The van der Waals surface area contributed by atoms with E-state index < -0.39 is 5.91 Å². The topological polar surface area (TPSA) is 93.8 Å². The average Bonchev–Trinajstić information content (AvgIpc) is 3.31. The van der Waals surface area contributed by atoms with Gasteiger partial charge in [-0.3, -0.25) is 9.69 Å². The first-order valence-corrected chi connectivity index (χ1v) is 11.4. The smallest absolute Gasteiger partial charge is 0.255 e. The van der Waals surface area contributed by atoms with E-state index in [0.29, 0.717) is 17.4 Å². The van der Waals surface area contributed by atoms with Crippen molar-refractivity contribution in [2.24, 2.45) is 5.73 Å². The standard InChI is InChI=1S/C24H33N5O3/c1-16(2)23-26-19-14-28(11-8-18(19)24(27-23)29-9-4-5-10-29)13-17-6-7-20(21(12-17)31-3)32-15-22(25)30/h6-7,12,16H,4-5,8-11,13-15H2,1-3H3,(H2,25,30). The highest BCUT2D eigenvalue weighted by Crippen LogP contribution is 2.32. The second-order valence-electron chi connectivity index (χ2n) is 8.88. The van der Waals surface area contributed by atoms with Gasteiger partial charge >= 0.3 is 0 Å². The Bertz CT molecular complexity index is 972. The molecule has 1 aromatic carbocycles. The average molecular weight is 440 g/mol. The molecule has 0 bridgehead atoms. The van der Waals surface area contributed by atoms with Crippen LogP contribution in [-0.4, -0.2) is 54.1 Å². The lowest BCUT2D eigenvalue weighted by Crippen LogP contribution is -2.33. The molecule has 2 N–H and O–H groups in total. The molecule has 0 unspecified atom stereocenters. The highest BCUT2D eigenvalue weighted by Gasteiger charge is 2.27. The van der Waals surface area contributed by atoms with Crippen molar-refractivity contribution in [3.05, 3.63) is 40.8 Å². The van der Waals surface area contributed by atoms with E-state index in [4.69, 9.17) is 25.2 Å². The Hall–Kier alpha value is -2.87. The van der Waals surface area contributed by atoms with Gasteiger partial charge in [0.25, 0.3) is 5.91 Å². The molecule has 2 aliphatic heterocycles. The maximum absolute atomic E-state index is 11.0. The number of fused-ring (bicyclic) bond motifs is 1. The van der Waals surface area contributed by atoms with Crippen LogP contribution in [0.4, 0.5) is 5.82 Å². The molecule has 172 valence electrons. The van der Waals surface area contributed by atoms with Crippen molar-refractivity contribution in [1.29, 1.82) is 0 Å². The van der Waals surface area contributed by atoms with Crippen LogP contribution in [0.25, 0.3) is 0 Å². The largest absolute Gasteiger partial charge is 0.493 e. The molecule has 3 heterocycles. The van der Waals surface area contributed by atoms with Gasteiger partial charge in [0.2, 0.25) is 0 Å². The van der Waals surface area contributed by atoms with Crippen molar-refractivity contribution < 1.29 is 14.3 Å². The molecule has 32 heavy (non-hydrogen) atoms. The summed E-state index contributed by atoms with van der Waals surface area (Å²) in [5.41, 5.74) is 8.78. The zero-order valence-corrected chi connectivity index (χ0v) is 19.3. The summed E-state index contributed by atoms with van der Waals surface area (Å²) in [5, 5.41) is 0. The van der Waals surface area contributed by atoms with Gasteiger partial charge < -0.3 is 20.1 Å². The first-order chi connectivity index (χ1) is 15.4. The van der Waals surface area contributed by atoms with E-state index in [1.807, 2.05) is 18.2 Å². The zero-order chi connectivity index (χ0) is 22.7. The Kier molecular flexibility index (Phi) is 6.79. The third-order valence-electron chi connectivity index (χ3n) is 6.07. The van der Waals surface area contributed by atoms with Crippen LogP contribution >= 0.6 is 0 Å².